The van der Waals surface area contributed by atoms with Gasteiger partial charge in [-0.05, 0) is 34.1 Å². The molecule has 0 bridgehead atoms. The molecule has 0 spiro atoms. The number of hydrogen-bond donors (Lipinski definition) is 1. The Morgan fingerprint density at radius 1 is 1.44 bits per heavy atom. The summed E-state index contributed by atoms with van der Waals surface area (Å²) in [5.41, 5.74) is 0. The molecule has 1 aromatic carbocycles. The molecule has 1 saturated heterocycles. The van der Waals surface area contributed by atoms with Crippen molar-refractivity contribution in [2.24, 2.45) is 5.92 Å². The quantitative estimate of drug-likeness (QED) is 0.898. The fourth-order valence-corrected chi connectivity index (χ4v) is 3.78. The molecular formula is C10H9BrClNO4S. The Kier molecular flexibility index (Phi) is 3.68. The molecule has 1 N–H and O–H groups in total. The standard InChI is InChI=1S/C10H9BrClNO4S/c11-8-3-7(1-2-9(8)12)18(16,17)13-4-6(5-13)10(14)15/h1-3,6H,4-5H2,(H,14,15). The van der Waals surface area contributed by atoms with Crippen LogP contribution in [-0.2, 0) is 14.8 Å². The van der Waals surface area contributed by atoms with Crippen molar-refractivity contribution in [2.75, 3.05) is 13.1 Å². The van der Waals surface area contributed by atoms with E-state index in [0.29, 0.717) is 9.50 Å². The van der Waals surface area contributed by atoms with Gasteiger partial charge in [0, 0.05) is 17.6 Å². The normalized spacial score (nSPS) is 17.4. The van der Waals surface area contributed by atoms with Crippen molar-refractivity contribution < 1.29 is 18.3 Å². The van der Waals surface area contributed by atoms with Crippen molar-refractivity contribution in [3.63, 3.8) is 0 Å². The summed E-state index contributed by atoms with van der Waals surface area (Å²) < 4.78 is 25.9. The van der Waals surface area contributed by atoms with E-state index in [-0.39, 0.29) is 18.0 Å². The van der Waals surface area contributed by atoms with Gasteiger partial charge in [0.1, 0.15) is 0 Å². The van der Waals surface area contributed by atoms with Crippen molar-refractivity contribution >= 4 is 43.5 Å². The van der Waals surface area contributed by atoms with Crippen LogP contribution in [0.1, 0.15) is 0 Å². The second-order valence-electron chi connectivity index (χ2n) is 3.93. The first kappa shape index (κ1) is 13.8. The van der Waals surface area contributed by atoms with Crippen LogP contribution >= 0.6 is 27.5 Å². The van der Waals surface area contributed by atoms with Crippen molar-refractivity contribution in [1.29, 1.82) is 0 Å². The predicted molar refractivity (Wildman–Crippen MR) is 69.0 cm³/mol. The molecule has 1 aromatic rings. The van der Waals surface area contributed by atoms with E-state index in [2.05, 4.69) is 15.9 Å². The van der Waals surface area contributed by atoms with Crippen LogP contribution in [-0.4, -0.2) is 36.9 Å². The van der Waals surface area contributed by atoms with Gasteiger partial charge in [0.15, 0.2) is 0 Å². The van der Waals surface area contributed by atoms with Gasteiger partial charge in [-0.25, -0.2) is 8.42 Å². The van der Waals surface area contributed by atoms with E-state index in [1.54, 1.807) is 0 Å². The number of halogens is 2. The van der Waals surface area contributed by atoms with Crippen LogP contribution < -0.4 is 0 Å². The first-order valence-corrected chi connectivity index (χ1v) is 7.61. The third kappa shape index (κ3) is 2.40. The molecule has 0 atom stereocenters. The molecule has 0 radical (unpaired) electrons. The van der Waals surface area contributed by atoms with E-state index >= 15 is 0 Å². The Morgan fingerprint density at radius 2 is 2.06 bits per heavy atom. The fourth-order valence-electron chi connectivity index (χ4n) is 1.58. The number of rotatable bonds is 3. The molecule has 2 rings (SSSR count). The SMILES string of the molecule is O=C(O)C1CN(S(=O)(=O)c2ccc(Cl)c(Br)c2)C1. The van der Waals surface area contributed by atoms with E-state index < -0.39 is 21.9 Å². The molecule has 1 aliphatic rings. The number of carbonyl (C=O) groups is 1. The minimum atomic E-state index is -3.63. The van der Waals surface area contributed by atoms with Crippen molar-refractivity contribution in [3.05, 3.63) is 27.7 Å². The van der Waals surface area contributed by atoms with Gasteiger partial charge in [0.2, 0.25) is 10.0 Å². The van der Waals surface area contributed by atoms with Gasteiger partial charge in [-0.15, -0.1) is 0 Å². The second-order valence-corrected chi connectivity index (χ2v) is 7.13. The Balaban J connectivity index is 2.22. The maximum Gasteiger partial charge on any atom is 0.309 e. The fraction of sp³-hybridized carbons (Fsp3) is 0.300. The molecular weight excluding hydrogens is 346 g/mol. The highest BCUT2D eigenvalue weighted by Gasteiger charge is 2.40. The zero-order chi connectivity index (χ0) is 13.5. The highest BCUT2D eigenvalue weighted by Crippen LogP contribution is 2.29. The molecule has 0 unspecified atom stereocenters. The molecule has 1 aliphatic heterocycles. The molecule has 0 aromatic heterocycles. The van der Waals surface area contributed by atoms with Gasteiger partial charge < -0.3 is 5.11 Å². The Bertz CT molecular complexity index is 598. The topological polar surface area (TPSA) is 74.7 Å². The minimum Gasteiger partial charge on any atom is -0.481 e. The van der Waals surface area contributed by atoms with E-state index in [1.807, 2.05) is 0 Å². The molecule has 0 amide bonds. The maximum absolute atomic E-state index is 12.1. The van der Waals surface area contributed by atoms with E-state index in [4.69, 9.17) is 16.7 Å². The predicted octanol–water partition coefficient (Wildman–Crippen LogP) is 1.81. The molecule has 1 heterocycles. The van der Waals surface area contributed by atoms with Crippen LogP contribution in [0.25, 0.3) is 0 Å². The average Bonchev–Trinajstić information content (AvgIpc) is 2.18. The lowest BCUT2D eigenvalue weighted by molar-refractivity contribution is -0.145. The lowest BCUT2D eigenvalue weighted by atomic mass is 10.0. The number of sulfonamides is 1. The first-order chi connectivity index (χ1) is 8.32. The summed E-state index contributed by atoms with van der Waals surface area (Å²) in [4.78, 5) is 10.7. The van der Waals surface area contributed by atoms with E-state index in [0.717, 1.165) is 4.31 Å². The van der Waals surface area contributed by atoms with Gasteiger partial charge >= 0.3 is 5.97 Å². The number of benzene rings is 1. The third-order valence-corrected chi connectivity index (χ3v) is 5.77. The van der Waals surface area contributed by atoms with Crippen molar-refractivity contribution in [2.45, 2.75) is 4.90 Å². The monoisotopic (exact) mass is 353 g/mol. The van der Waals surface area contributed by atoms with Crippen LogP contribution in [0.4, 0.5) is 0 Å². The summed E-state index contributed by atoms with van der Waals surface area (Å²) >= 11 is 8.94. The molecule has 8 heteroatoms. The zero-order valence-electron chi connectivity index (χ0n) is 9.01. The number of carboxylic acid groups (broad SMARTS) is 1. The van der Waals surface area contributed by atoms with Crippen LogP contribution in [0.3, 0.4) is 0 Å². The first-order valence-electron chi connectivity index (χ1n) is 5.00. The van der Waals surface area contributed by atoms with Crippen LogP contribution in [0, 0.1) is 5.92 Å². The smallest absolute Gasteiger partial charge is 0.309 e. The van der Waals surface area contributed by atoms with E-state index in [9.17, 15) is 13.2 Å². The lowest BCUT2D eigenvalue weighted by Crippen LogP contribution is -2.52. The summed E-state index contributed by atoms with van der Waals surface area (Å²) in [6.07, 6.45) is 0. The maximum atomic E-state index is 12.1. The molecule has 1 fully saturated rings. The van der Waals surface area contributed by atoms with Crippen LogP contribution in [0.5, 0.6) is 0 Å². The number of aliphatic carboxylic acids is 1. The summed E-state index contributed by atoms with van der Waals surface area (Å²) in [5, 5.41) is 9.14. The molecule has 98 valence electrons. The van der Waals surface area contributed by atoms with Crippen LogP contribution in [0.15, 0.2) is 27.6 Å². The largest absolute Gasteiger partial charge is 0.481 e. The number of carboxylic acids is 1. The summed E-state index contributed by atoms with van der Waals surface area (Å²) in [6.45, 7) is 0.0236. The number of nitrogens with zero attached hydrogens (tertiary/aromatic N) is 1. The lowest BCUT2D eigenvalue weighted by Gasteiger charge is -2.35. The molecule has 0 aliphatic carbocycles. The molecule has 5 nitrogen and oxygen atoms in total. The van der Waals surface area contributed by atoms with Crippen molar-refractivity contribution in [1.82, 2.24) is 4.31 Å². The third-order valence-electron chi connectivity index (χ3n) is 2.73. The summed E-state index contributed by atoms with van der Waals surface area (Å²) in [5.74, 6) is -1.59. The zero-order valence-corrected chi connectivity index (χ0v) is 12.2. The summed E-state index contributed by atoms with van der Waals surface area (Å²) in [7, 11) is -3.63. The number of hydrogen-bond acceptors (Lipinski definition) is 3. The Hall–Kier alpha value is -0.630. The second kappa shape index (κ2) is 4.80. The van der Waals surface area contributed by atoms with Gasteiger partial charge in [-0.2, -0.15) is 4.31 Å². The Morgan fingerprint density at radius 3 is 2.56 bits per heavy atom. The highest BCUT2D eigenvalue weighted by atomic mass is 79.9. The van der Waals surface area contributed by atoms with Gasteiger partial charge in [-0.1, -0.05) is 11.6 Å². The van der Waals surface area contributed by atoms with Crippen molar-refractivity contribution in [3.8, 4) is 0 Å². The van der Waals surface area contributed by atoms with Crippen LogP contribution in [0.2, 0.25) is 5.02 Å². The Labute approximate surface area is 118 Å². The highest BCUT2D eigenvalue weighted by molar-refractivity contribution is 9.10. The minimum absolute atomic E-state index is 0.0118. The van der Waals surface area contributed by atoms with Gasteiger partial charge in [-0.3, -0.25) is 4.79 Å². The molecule has 0 saturated carbocycles. The van der Waals surface area contributed by atoms with Gasteiger partial charge in [0.05, 0.1) is 15.8 Å². The van der Waals surface area contributed by atoms with E-state index in [1.165, 1.54) is 18.2 Å². The average molecular weight is 355 g/mol. The summed E-state index contributed by atoms with van der Waals surface area (Å²) in [6, 6.07) is 4.29. The molecule has 18 heavy (non-hydrogen) atoms. The van der Waals surface area contributed by atoms with Gasteiger partial charge in [0.25, 0.3) is 0 Å².